The summed E-state index contributed by atoms with van der Waals surface area (Å²) < 4.78 is 13.9. The highest BCUT2D eigenvalue weighted by atomic mass is 32.2. The molecule has 1 aliphatic heterocycles. The maximum Gasteiger partial charge on any atom is 0.343 e. The van der Waals surface area contributed by atoms with Crippen LogP contribution in [0.25, 0.3) is 0 Å². The average Bonchev–Trinajstić information content (AvgIpc) is 2.89. The zero-order chi connectivity index (χ0) is 16.3. The highest BCUT2D eigenvalue weighted by Crippen LogP contribution is 2.27. The van der Waals surface area contributed by atoms with Crippen molar-refractivity contribution in [1.82, 2.24) is 4.90 Å². The second kappa shape index (κ2) is 6.69. The topological polar surface area (TPSA) is 57.6 Å². The van der Waals surface area contributed by atoms with Gasteiger partial charge in [-0.25, -0.2) is 9.18 Å². The van der Waals surface area contributed by atoms with E-state index in [0.29, 0.717) is 5.92 Å². The molecule has 22 heavy (non-hydrogen) atoms. The summed E-state index contributed by atoms with van der Waals surface area (Å²) in [5, 5.41) is 8.83. The van der Waals surface area contributed by atoms with Gasteiger partial charge in [0.25, 0.3) is 0 Å². The van der Waals surface area contributed by atoms with E-state index in [9.17, 15) is 14.0 Å². The molecule has 1 amide bonds. The zero-order valence-corrected chi connectivity index (χ0v) is 13.5. The fourth-order valence-corrected chi connectivity index (χ4v) is 3.15. The van der Waals surface area contributed by atoms with Gasteiger partial charge in [-0.15, -0.1) is 11.8 Å². The van der Waals surface area contributed by atoms with Crippen molar-refractivity contribution >= 4 is 23.6 Å². The number of halogens is 1. The Bertz CT molecular complexity index is 561. The van der Waals surface area contributed by atoms with Crippen LogP contribution in [0.2, 0.25) is 0 Å². The van der Waals surface area contributed by atoms with Gasteiger partial charge in [0, 0.05) is 17.9 Å². The molecule has 0 bridgehead atoms. The molecule has 2 rings (SSSR count). The molecule has 0 saturated carbocycles. The van der Waals surface area contributed by atoms with Crippen LogP contribution in [-0.2, 0) is 9.59 Å². The number of alkyl halides is 1. The molecule has 120 valence electrons. The Hall–Kier alpha value is -1.56. The lowest BCUT2D eigenvalue weighted by atomic mass is 10.0. The van der Waals surface area contributed by atoms with E-state index >= 15 is 0 Å². The second-order valence-corrected chi connectivity index (χ2v) is 6.90. The van der Waals surface area contributed by atoms with Gasteiger partial charge in [-0.05, 0) is 23.6 Å². The molecule has 1 unspecified atom stereocenters. The Morgan fingerprint density at radius 2 is 2.00 bits per heavy atom. The molecule has 6 heteroatoms. The number of nitrogens with zero attached hydrogens (tertiary/aromatic N) is 1. The Morgan fingerprint density at radius 1 is 1.36 bits per heavy atom. The summed E-state index contributed by atoms with van der Waals surface area (Å²) in [6, 6.07) is 8.00. The monoisotopic (exact) mass is 325 g/mol. The summed E-state index contributed by atoms with van der Waals surface area (Å²) in [6.07, 6.45) is -0.137. The van der Waals surface area contributed by atoms with Crippen molar-refractivity contribution in [3.8, 4) is 0 Å². The van der Waals surface area contributed by atoms with Crippen molar-refractivity contribution in [1.29, 1.82) is 0 Å². The summed E-state index contributed by atoms with van der Waals surface area (Å²) in [5.41, 5.74) is -1.06. The van der Waals surface area contributed by atoms with Crippen LogP contribution in [0.5, 0.6) is 0 Å². The lowest BCUT2D eigenvalue weighted by Crippen LogP contribution is -2.39. The Balaban J connectivity index is 1.87. The summed E-state index contributed by atoms with van der Waals surface area (Å²) in [5.74, 6) is -1.06. The zero-order valence-electron chi connectivity index (χ0n) is 12.7. The van der Waals surface area contributed by atoms with E-state index in [1.165, 1.54) is 22.2 Å². The third-order valence-electron chi connectivity index (χ3n) is 3.86. The van der Waals surface area contributed by atoms with Gasteiger partial charge in [0.15, 0.2) is 0 Å². The molecule has 0 aliphatic carbocycles. The number of rotatable bonds is 5. The van der Waals surface area contributed by atoms with Crippen molar-refractivity contribution in [3.63, 3.8) is 0 Å². The first-order valence-corrected chi connectivity index (χ1v) is 8.23. The van der Waals surface area contributed by atoms with Crippen molar-refractivity contribution in [3.05, 3.63) is 29.8 Å². The van der Waals surface area contributed by atoms with E-state index in [0.717, 1.165) is 4.90 Å². The lowest BCUT2D eigenvalue weighted by Gasteiger charge is -2.17. The molecule has 1 atom stereocenters. The number of hydrogen-bond donors (Lipinski definition) is 1. The number of carbonyl (C=O) groups excluding carboxylic acids is 1. The third-order valence-corrected chi connectivity index (χ3v) is 4.86. The summed E-state index contributed by atoms with van der Waals surface area (Å²) in [7, 11) is 0. The molecular formula is C16H20FNO3S. The largest absolute Gasteiger partial charge is 0.479 e. The number of carboxylic acids is 1. The number of thioether (sulfide) groups is 1. The summed E-state index contributed by atoms with van der Waals surface area (Å²) >= 11 is 1.38. The molecule has 1 aromatic carbocycles. The third kappa shape index (κ3) is 3.80. The van der Waals surface area contributed by atoms with Crippen molar-refractivity contribution < 1.29 is 19.1 Å². The minimum absolute atomic E-state index is 0.137. The maximum absolute atomic E-state index is 13.9. The Labute approximate surface area is 133 Å². The first-order chi connectivity index (χ1) is 10.3. The van der Waals surface area contributed by atoms with Crippen LogP contribution in [0.15, 0.2) is 29.2 Å². The number of aliphatic carboxylic acids is 1. The SMILES string of the molecule is CC(C)c1ccc(SCC(=O)N2CCC(F)(C(=O)O)C2)cc1. The fourth-order valence-electron chi connectivity index (χ4n) is 2.35. The van der Waals surface area contributed by atoms with Crippen LogP contribution in [0.3, 0.4) is 0 Å². The smallest absolute Gasteiger partial charge is 0.343 e. The number of carbonyl (C=O) groups is 2. The van der Waals surface area contributed by atoms with Gasteiger partial charge in [-0.1, -0.05) is 26.0 Å². The standard InChI is InChI=1S/C16H20FNO3S/c1-11(2)12-3-5-13(6-4-12)22-9-14(19)18-8-7-16(17,10-18)15(20)21/h3-6,11H,7-10H2,1-2H3,(H,20,21). The van der Waals surface area contributed by atoms with Crippen molar-refractivity contribution in [2.45, 2.75) is 36.8 Å². The maximum atomic E-state index is 13.9. The van der Waals surface area contributed by atoms with Crippen LogP contribution < -0.4 is 0 Å². The summed E-state index contributed by atoms with van der Waals surface area (Å²) in [4.78, 5) is 25.2. The van der Waals surface area contributed by atoms with Crippen LogP contribution in [0.4, 0.5) is 4.39 Å². The van der Waals surface area contributed by atoms with E-state index in [-0.39, 0.29) is 31.2 Å². The van der Waals surface area contributed by atoms with Gasteiger partial charge in [-0.3, -0.25) is 4.79 Å². The van der Waals surface area contributed by atoms with Crippen LogP contribution in [0.1, 0.15) is 31.7 Å². The average molecular weight is 325 g/mol. The number of amides is 1. The van der Waals surface area contributed by atoms with Crippen LogP contribution >= 0.6 is 11.8 Å². The molecule has 0 spiro atoms. The minimum atomic E-state index is -2.29. The first-order valence-electron chi connectivity index (χ1n) is 7.25. The highest BCUT2D eigenvalue weighted by molar-refractivity contribution is 8.00. The Kier molecular flexibility index (Phi) is 5.11. The van der Waals surface area contributed by atoms with Crippen LogP contribution in [-0.4, -0.2) is 46.4 Å². The predicted octanol–water partition coefficient (Wildman–Crippen LogP) is 2.93. The molecule has 0 aromatic heterocycles. The minimum Gasteiger partial charge on any atom is -0.479 e. The number of benzene rings is 1. The molecule has 1 fully saturated rings. The molecular weight excluding hydrogens is 305 g/mol. The van der Waals surface area contributed by atoms with Crippen LogP contribution in [0, 0.1) is 0 Å². The Morgan fingerprint density at radius 3 is 2.50 bits per heavy atom. The molecule has 1 heterocycles. The van der Waals surface area contributed by atoms with E-state index < -0.39 is 11.6 Å². The van der Waals surface area contributed by atoms with Gasteiger partial charge >= 0.3 is 5.97 Å². The summed E-state index contributed by atoms with van der Waals surface area (Å²) in [6.45, 7) is 4.04. The van der Waals surface area contributed by atoms with Crippen molar-refractivity contribution in [2.75, 3.05) is 18.8 Å². The number of hydrogen-bond acceptors (Lipinski definition) is 3. The molecule has 1 N–H and O–H groups in total. The van der Waals surface area contributed by atoms with E-state index in [4.69, 9.17) is 5.11 Å². The predicted molar refractivity (Wildman–Crippen MR) is 83.9 cm³/mol. The normalized spacial score (nSPS) is 21.4. The quantitative estimate of drug-likeness (QED) is 0.846. The fraction of sp³-hybridized carbons (Fsp3) is 0.500. The molecule has 0 radical (unpaired) electrons. The molecule has 1 saturated heterocycles. The second-order valence-electron chi connectivity index (χ2n) is 5.85. The van der Waals surface area contributed by atoms with Crippen molar-refractivity contribution in [2.24, 2.45) is 0 Å². The van der Waals surface area contributed by atoms with Gasteiger partial charge in [0.2, 0.25) is 11.6 Å². The van der Waals surface area contributed by atoms with E-state index in [1.54, 1.807) is 0 Å². The molecule has 1 aliphatic rings. The first kappa shape index (κ1) is 16.8. The van der Waals surface area contributed by atoms with Gasteiger partial charge in [-0.2, -0.15) is 0 Å². The highest BCUT2D eigenvalue weighted by Gasteiger charge is 2.46. The molecule has 4 nitrogen and oxygen atoms in total. The lowest BCUT2D eigenvalue weighted by molar-refractivity contribution is -0.150. The van der Waals surface area contributed by atoms with Gasteiger partial charge < -0.3 is 10.0 Å². The number of likely N-dealkylation sites (tertiary alicyclic amines) is 1. The van der Waals surface area contributed by atoms with Gasteiger partial charge in [0.1, 0.15) is 0 Å². The molecule has 1 aromatic rings. The van der Waals surface area contributed by atoms with E-state index in [2.05, 4.69) is 13.8 Å². The van der Waals surface area contributed by atoms with Gasteiger partial charge in [0.05, 0.1) is 12.3 Å². The van der Waals surface area contributed by atoms with E-state index in [1.807, 2.05) is 24.3 Å². The number of carboxylic acid groups (broad SMARTS) is 1.